The minimum atomic E-state index is -0.278. The molecule has 2 aliphatic rings. The van der Waals surface area contributed by atoms with Crippen LogP contribution in [-0.4, -0.2) is 5.78 Å². The van der Waals surface area contributed by atoms with Crippen molar-refractivity contribution < 1.29 is 9.53 Å². The van der Waals surface area contributed by atoms with Gasteiger partial charge in [-0.2, -0.15) is 0 Å². The van der Waals surface area contributed by atoms with Crippen LogP contribution in [0.15, 0.2) is 65.4 Å². The Morgan fingerprint density at radius 3 is 2.24 bits per heavy atom. The molecular weight excluding hydrogens is 355 g/mol. The van der Waals surface area contributed by atoms with Crippen LogP contribution in [0.25, 0.3) is 6.08 Å². The van der Waals surface area contributed by atoms with Gasteiger partial charge in [-0.1, -0.05) is 47.5 Å². The Bertz CT molecular complexity index is 877. The van der Waals surface area contributed by atoms with E-state index in [0.29, 0.717) is 16.5 Å². The van der Waals surface area contributed by atoms with Crippen molar-refractivity contribution in [2.24, 2.45) is 0 Å². The van der Waals surface area contributed by atoms with E-state index < -0.39 is 0 Å². The van der Waals surface area contributed by atoms with E-state index in [1.54, 1.807) is 0 Å². The summed E-state index contributed by atoms with van der Waals surface area (Å²) >= 11 is 12.0. The first-order valence-electron chi connectivity index (χ1n) is 8.28. The Kier molecular flexibility index (Phi) is 4.41. The van der Waals surface area contributed by atoms with Crippen LogP contribution in [0.4, 0.5) is 0 Å². The Morgan fingerprint density at radius 1 is 0.920 bits per heavy atom. The molecule has 1 unspecified atom stereocenters. The standard InChI is InChI=1S/C21H16Cl2O2/c22-15-8-4-13(5-9-15)12-17-20-18(24)2-1-3-19(20)25-21(17)14-6-10-16(23)11-7-14/h4-12,21H,1-3H2/b17-12-. The molecule has 1 aliphatic heterocycles. The average Bonchev–Trinajstić information content (AvgIpc) is 2.97. The van der Waals surface area contributed by atoms with Crippen LogP contribution in [0.1, 0.15) is 36.5 Å². The summed E-state index contributed by atoms with van der Waals surface area (Å²) in [5.74, 6) is 0.981. The van der Waals surface area contributed by atoms with Crippen molar-refractivity contribution >= 4 is 35.1 Å². The van der Waals surface area contributed by atoms with Gasteiger partial charge in [-0.05, 0) is 47.9 Å². The Balaban J connectivity index is 1.80. The smallest absolute Gasteiger partial charge is 0.166 e. The lowest BCUT2D eigenvalue weighted by molar-refractivity contribution is -0.115. The number of hydrogen-bond donors (Lipinski definition) is 0. The molecule has 0 spiro atoms. The summed E-state index contributed by atoms with van der Waals surface area (Å²) in [6.45, 7) is 0. The molecule has 2 nitrogen and oxygen atoms in total. The largest absolute Gasteiger partial charge is 0.485 e. The molecule has 2 aromatic carbocycles. The van der Waals surface area contributed by atoms with Gasteiger partial charge in [0, 0.05) is 28.5 Å². The third kappa shape index (κ3) is 3.24. The second-order valence-corrected chi connectivity index (χ2v) is 7.15. The summed E-state index contributed by atoms with van der Waals surface area (Å²) in [7, 11) is 0. The number of Topliss-reactive ketones (excluding diaryl/α,β-unsaturated/α-hetero) is 1. The number of carbonyl (C=O) groups is 1. The Morgan fingerprint density at radius 2 is 1.56 bits per heavy atom. The first-order chi connectivity index (χ1) is 12.1. The maximum absolute atomic E-state index is 12.5. The lowest BCUT2D eigenvalue weighted by Gasteiger charge is -2.15. The van der Waals surface area contributed by atoms with E-state index in [0.717, 1.165) is 40.9 Å². The van der Waals surface area contributed by atoms with Gasteiger partial charge >= 0.3 is 0 Å². The lowest BCUT2D eigenvalue weighted by atomic mass is 9.88. The molecule has 1 atom stereocenters. The third-order valence-corrected chi connectivity index (χ3v) is 5.07. The molecule has 0 saturated heterocycles. The number of hydrogen-bond acceptors (Lipinski definition) is 2. The van der Waals surface area contributed by atoms with E-state index in [1.165, 1.54) is 0 Å². The summed E-state index contributed by atoms with van der Waals surface area (Å²) < 4.78 is 6.19. The van der Waals surface area contributed by atoms with Crippen molar-refractivity contribution in [3.05, 3.63) is 86.6 Å². The maximum atomic E-state index is 12.5. The van der Waals surface area contributed by atoms with Crippen molar-refractivity contribution in [3.63, 3.8) is 0 Å². The van der Waals surface area contributed by atoms with E-state index in [9.17, 15) is 4.79 Å². The van der Waals surface area contributed by atoms with Crippen LogP contribution < -0.4 is 0 Å². The van der Waals surface area contributed by atoms with Crippen LogP contribution in [0.2, 0.25) is 10.0 Å². The minimum absolute atomic E-state index is 0.165. The average molecular weight is 371 g/mol. The molecule has 0 saturated carbocycles. The highest BCUT2D eigenvalue weighted by molar-refractivity contribution is 6.30. The highest BCUT2D eigenvalue weighted by Crippen LogP contribution is 2.46. The van der Waals surface area contributed by atoms with Crippen LogP contribution in [0, 0.1) is 0 Å². The first kappa shape index (κ1) is 16.4. The quantitative estimate of drug-likeness (QED) is 0.632. The van der Waals surface area contributed by atoms with Gasteiger partial charge in [0.2, 0.25) is 0 Å². The summed E-state index contributed by atoms with van der Waals surface area (Å²) in [6.07, 6.45) is 3.98. The topological polar surface area (TPSA) is 26.3 Å². The third-order valence-electron chi connectivity index (χ3n) is 4.56. The number of rotatable bonds is 2. The fourth-order valence-corrected chi connectivity index (χ4v) is 3.62. The molecule has 0 bridgehead atoms. The fraction of sp³-hybridized carbons (Fsp3) is 0.190. The van der Waals surface area contributed by atoms with Crippen LogP contribution in [0.5, 0.6) is 0 Å². The highest BCUT2D eigenvalue weighted by Gasteiger charge is 2.37. The van der Waals surface area contributed by atoms with Crippen LogP contribution in [-0.2, 0) is 9.53 Å². The summed E-state index contributed by atoms with van der Waals surface area (Å²) in [5, 5.41) is 1.37. The second kappa shape index (κ2) is 6.70. The summed E-state index contributed by atoms with van der Waals surface area (Å²) in [5.41, 5.74) is 3.66. The van der Waals surface area contributed by atoms with Gasteiger partial charge in [0.05, 0.1) is 5.57 Å². The van der Waals surface area contributed by atoms with Gasteiger partial charge < -0.3 is 4.74 Å². The molecule has 0 amide bonds. The van der Waals surface area contributed by atoms with Gasteiger partial charge in [0.15, 0.2) is 5.78 Å². The van der Waals surface area contributed by atoms with Crippen molar-refractivity contribution in [2.75, 3.05) is 0 Å². The van der Waals surface area contributed by atoms with Crippen molar-refractivity contribution in [3.8, 4) is 0 Å². The van der Waals surface area contributed by atoms with Gasteiger partial charge in [0.1, 0.15) is 11.9 Å². The van der Waals surface area contributed by atoms with Gasteiger partial charge in [-0.15, -0.1) is 0 Å². The molecule has 2 aromatic rings. The lowest BCUT2D eigenvalue weighted by Crippen LogP contribution is -2.10. The number of ketones is 1. The number of benzene rings is 2. The molecule has 25 heavy (non-hydrogen) atoms. The fourth-order valence-electron chi connectivity index (χ4n) is 3.36. The van der Waals surface area contributed by atoms with Gasteiger partial charge in [-0.3, -0.25) is 4.79 Å². The Hall–Kier alpha value is -2.03. The van der Waals surface area contributed by atoms with Crippen molar-refractivity contribution in [1.29, 1.82) is 0 Å². The highest BCUT2D eigenvalue weighted by atomic mass is 35.5. The normalized spacial score (nSPS) is 21.4. The first-order valence-corrected chi connectivity index (χ1v) is 9.03. The van der Waals surface area contributed by atoms with Crippen molar-refractivity contribution in [2.45, 2.75) is 25.4 Å². The number of allylic oxidation sites excluding steroid dienone is 1. The molecule has 4 rings (SSSR count). The van der Waals surface area contributed by atoms with E-state index in [-0.39, 0.29) is 11.9 Å². The minimum Gasteiger partial charge on any atom is -0.485 e. The molecular formula is C21H16Cl2O2. The number of carbonyl (C=O) groups excluding carboxylic acids is 1. The van der Waals surface area contributed by atoms with E-state index in [2.05, 4.69) is 0 Å². The number of ether oxygens (including phenoxy) is 1. The maximum Gasteiger partial charge on any atom is 0.166 e. The van der Waals surface area contributed by atoms with Gasteiger partial charge in [-0.25, -0.2) is 0 Å². The Labute approximate surface area is 156 Å². The van der Waals surface area contributed by atoms with E-state index >= 15 is 0 Å². The predicted octanol–water partition coefficient (Wildman–Crippen LogP) is 6.16. The predicted molar refractivity (Wildman–Crippen MR) is 101 cm³/mol. The molecule has 0 N–H and O–H groups in total. The molecule has 1 aliphatic carbocycles. The monoisotopic (exact) mass is 370 g/mol. The second-order valence-electron chi connectivity index (χ2n) is 6.28. The molecule has 1 heterocycles. The number of halogens is 2. The molecule has 0 aromatic heterocycles. The summed E-state index contributed by atoms with van der Waals surface area (Å²) in [4.78, 5) is 12.5. The zero-order valence-electron chi connectivity index (χ0n) is 13.5. The van der Waals surface area contributed by atoms with E-state index in [4.69, 9.17) is 27.9 Å². The summed E-state index contributed by atoms with van der Waals surface area (Å²) in [6, 6.07) is 15.2. The van der Waals surface area contributed by atoms with E-state index in [1.807, 2.05) is 54.6 Å². The molecule has 0 radical (unpaired) electrons. The SMILES string of the molecule is O=C1CCCC2=C1/C(=C/c1ccc(Cl)cc1)C(c1ccc(Cl)cc1)O2. The zero-order chi connectivity index (χ0) is 17.4. The molecule has 126 valence electrons. The molecule has 4 heteroatoms. The molecule has 0 fully saturated rings. The van der Waals surface area contributed by atoms with Crippen LogP contribution in [0.3, 0.4) is 0 Å². The van der Waals surface area contributed by atoms with Gasteiger partial charge in [0.25, 0.3) is 0 Å². The zero-order valence-corrected chi connectivity index (χ0v) is 15.0. The van der Waals surface area contributed by atoms with Crippen molar-refractivity contribution in [1.82, 2.24) is 0 Å². The van der Waals surface area contributed by atoms with Crippen LogP contribution >= 0.6 is 23.2 Å².